The number of benzene rings is 1. The van der Waals surface area contributed by atoms with Crippen molar-refractivity contribution in [3.8, 4) is 0 Å². The summed E-state index contributed by atoms with van der Waals surface area (Å²) in [7, 11) is 0. The lowest BCUT2D eigenvalue weighted by Crippen LogP contribution is -2.35. The van der Waals surface area contributed by atoms with Gasteiger partial charge in [0.05, 0.1) is 5.75 Å². The zero-order chi connectivity index (χ0) is 16.6. The predicted octanol–water partition coefficient (Wildman–Crippen LogP) is 3.86. The monoisotopic (exact) mass is 343 g/mol. The van der Waals surface area contributed by atoms with Gasteiger partial charge in [-0.3, -0.25) is 4.79 Å². The van der Waals surface area contributed by atoms with Crippen molar-refractivity contribution in [3.63, 3.8) is 0 Å². The molecule has 0 atom stereocenters. The fraction of sp³-hybridized carbons (Fsp3) is 0.474. The molecule has 0 unspecified atom stereocenters. The average molecular weight is 343 g/mol. The summed E-state index contributed by atoms with van der Waals surface area (Å²) in [6.07, 6.45) is 11.1. The molecular weight excluding hydrogens is 318 g/mol. The Morgan fingerprint density at radius 3 is 2.67 bits per heavy atom. The van der Waals surface area contributed by atoms with Gasteiger partial charge in [0.1, 0.15) is 0 Å². The van der Waals surface area contributed by atoms with Gasteiger partial charge in [0, 0.05) is 25.0 Å². The first-order valence-electron chi connectivity index (χ1n) is 8.78. The summed E-state index contributed by atoms with van der Waals surface area (Å²) in [5, 5.41) is 4.09. The molecule has 5 heteroatoms. The first-order chi connectivity index (χ1) is 11.8. The van der Waals surface area contributed by atoms with Crippen LogP contribution in [0.25, 0.3) is 0 Å². The molecule has 1 saturated carbocycles. The lowest BCUT2D eigenvalue weighted by Gasteiger charge is -2.16. The maximum Gasteiger partial charge on any atom is 0.230 e. The van der Waals surface area contributed by atoms with E-state index in [1.54, 1.807) is 6.20 Å². The van der Waals surface area contributed by atoms with Gasteiger partial charge < -0.3 is 9.88 Å². The van der Waals surface area contributed by atoms with Crippen molar-refractivity contribution in [2.75, 3.05) is 5.75 Å². The van der Waals surface area contributed by atoms with Crippen LogP contribution in [0.15, 0.2) is 47.9 Å². The Hall–Kier alpha value is -1.75. The van der Waals surface area contributed by atoms with E-state index in [1.807, 2.05) is 24.4 Å². The smallest absolute Gasteiger partial charge is 0.230 e. The fourth-order valence-corrected chi connectivity index (χ4v) is 3.93. The minimum Gasteiger partial charge on any atom is -0.353 e. The predicted molar refractivity (Wildman–Crippen MR) is 98.1 cm³/mol. The summed E-state index contributed by atoms with van der Waals surface area (Å²) in [4.78, 5) is 16.6. The number of rotatable bonds is 6. The minimum absolute atomic E-state index is 0.126. The third kappa shape index (κ3) is 5.13. The largest absolute Gasteiger partial charge is 0.353 e. The molecular formula is C19H25N3OS. The van der Waals surface area contributed by atoms with Crippen molar-refractivity contribution < 1.29 is 4.79 Å². The third-order valence-electron chi connectivity index (χ3n) is 4.43. The highest BCUT2D eigenvalue weighted by Gasteiger charge is 2.15. The SMILES string of the molecule is O=C(CSc1nccn1Cc1ccccc1)NC1CCCCCC1. The maximum absolute atomic E-state index is 12.2. The molecule has 1 aliphatic rings. The van der Waals surface area contributed by atoms with E-state index >= 15 is 0 Å². The topological polar surface area (TPSA) is 46.9 Å². The maximum atomic E-state index is 12.2. The van der Waals surface area contributed by atoms with Crippen LogP contribution in [0.1, 0.15) is 44.1 Å². The van der Waals surface area contributed by atoms with Gasteiger partial charge in [-0.15, -0.1) is 0 Å². The van der Waals surface area contributed by atoms with Crippen molar-refractivity contribution in [1.82, 2.24) is 14.9 Å². The first kappa shape index (κ1) is 17.1. The molecule has 2 aromatic rings. The van der Waals surface area contributed by atoms with Gasteiger partial charge in [-0.1, -0.05) is 67.8 Å². The van der Waals surface area contributed by atoms with Crippen LogP contribution in [0.3, 0.4) is 0 Å². The van der Waals surface area contributed by atoms with Crippen molar-refractivity contribution in [1.29, 1.82) is 0 Å². The summed E-state index contributed by atoms with van der Waals surface area (Å²) in [6.45, 7) is 0.785. The van der Waals surface area contributed by atoms with Gasteiger partial charge in [-0.05, 0) is 18.4 Å². The number of imidazole rings is 1. The first-order valence-corrected chi connectivity index (χ1v) is 9.77. The molecule has 0 radical (unpaired) electrons. The fourth-order valence-electron chi connectivity index (χ4n) is 3.16. The van der Waals surface area contributed by atoms with E-state index in [1.165, 1.54) is 43.0 Å². The molecule has 24 heavy (non-hydrogen) atoms. The standard InChI is InChI=1S/C19H25N3OS/c23-18(21-17-10-6-1-2-7-11-17)15-24-19-20-12-13-22(19)14-16-8-4-3-5-9-16/h3-5,8-9,12-13,17H,1-2,6-7,10-11,14-15H2,(H,21,23). The van der Waals surface area contributed by atoms with Gasteiger partial charge in [0.2, 0.25) is 5.91 Å². The summed E-state index contributed by atoms with van der Waals surface area (Å²) in [5.41, 5.74) is 1.24. The Kier molecular flexibility index (Phi) is 6.35. The van der Waals surface area contributed by atoms with E-state index in [0.29, 0.717) is 11.8 Å². The molecule has 1 aromatic carbocycles. The van der Waals surface area contributed by atoms with Gasteiger partial charge in [0.15, 0.2) is 5.16 Å². The Morgan fingerprint density at radius 2 is 1.92 bits per heavy atom. The second-order valence-corrected chi connectivity index (χ2v) is 7.31. The molecule has 4 nitrogen and oxygen atoms in total. The molecule has 1 aliphatic carbocycles. The lowest BCUT2D eigenvalue weighted by atomic mass is 10.1. The van der Waals surface area contributed by atoms with Gasteiger partial charge in [-0.2, -0.15) is 0 Å². The number of hydrogen-bond acceptors (Lipinski definition) is 3. The molecule has 1 N–H and O–H groups in total. The molecule has 128 valence electrons. The molecule has 1 aromatic heterocycles. The third-order valence-corrected chi connectivity index (χ3v) is 5.43. The number of amides is 1. The van der Waals surface area contributed by atoms with Crippen LogP contribution < -0.4 is 5.32 Å². The highest BCUT2D eigenvalue weighted by molar-refractivity contribution is 7.99. The number of carbonyl (C=O) groups excluding carboxylic acids is 1. The van der Waals surface area contributed by atoms with E-state index in [4.69, 9.17) is 0 Å². The molecule has 3 rings (SSSR count). The van der Waals surface area contributed by atoms with E-state index in [-0.39, 0.29) is 5.91 Å². The van der Waals surface area contributed by atoms with Gasteiger partial charge in [0.25, 0.3) is 0 Å². The van der Waals surface area contributed by atoms with Crippen LogP contribution in [-0.4, -0.2) is 27.3 Å². The molecule has 1 heterocycles. The van der Waals surface area contributed by atoms with Gasteiger partial charge >= 0.3 is 0 Å². The van der Waals surface area contributed by atoms with Crippen LogP contribution in [0.2, 0.25) is 0 Å². The Balaban J connectivity index is 1.49. The number of nitrogens with zero attached hydrogens (tertiary/aromatic N) is 2. The Morgan fingerprint density at radius 1 is 1.17 bits per heavy atom. The summed E-state index contributed by atoms with van der Waals surface area (Å²) in [5.74, 6) is 0.559. The molecule has 0 saturated heterocycles. The molecule has 0 aliphatic heterocycles. The normalized spacial score (nSPS) is 15.8. The van der Waals surface area contributed by atoms with Crippen LogP contribution in [-0.2, 0) is 11.3 Å². The Bertz CT molecular complexity index is 633. The van der Waals surface area contributed by atoms with E-state index in [0.717, 1.165) is 24.5 Å². The summed E-state index contributed by atoms with van der Waals surface area (Å²) < 4.78 is 2.10. The number of carbonyl (C=O) groups is 1. The van der Waals surface area contributed by atoms with E-state index < -0.39 is 0 Å². The van der Waals surface area contributed by atoms with E-state index in [9.17, 15) is 4.79 Å². The highest BCUT2D eigenvalue weighted by atomic mass is 32.2. The summed E-state index contributed by atoms with van der Waals surface area (Å²) in [6, 6.07) is 10.7. The number of nitrogens with one attached hydrogen (secondary N) is 1. The summed E-state index contributed by atoms with van der Waals surface area (Å²) >= 11 is 1.51. The number of hydrogen-bond donors (Lipinski definition) is 1. The van der Waals surface area contributed by atoms with Crippen LogP contribution >= 0.6 is 11.8 Å². The minimum atomic E-state index is 0.126. The van der Waals surface area contributed by atoms with Gasteiger partial charge in [-0.25, -0.2) is 4.98 Å². The van der Waals surface area contributed by atoms with E-state index in [2.05, 4.69) is 27.0 Å². The lowest BCUT2D eigenvalue weighted by molar-refractivity contribution is -0.119. The van der Waals surface area contributed by atoms with Crippen molar-refractivity contribution in [2.24, 2.45) is 0 Å². The van der Waals surface area contributed by atoms with Crippen molar-refractivity contribution in [2.45, 2.75) is 56.3 Å². The second-order valence-electron chi connectivity index (χ2n) is 6.37. The van der Waals surface area contributed by atoms with Crippen LogP contribution in [0.4, 0.5) is 0 Å². The van der Waals surface area contributed by atoms with Crippen LogP contribution in [0.5, 0.6) is 0 Å². The molecule has 1 fully saturated rings. The molecule has 1 amide bonds. The zero-order valence-corrected chi connectivity index (χ0v) is 14.8. The second kappa shape index (κ2) is 8.92. The average Bonchev–Trinajstić information content (AvgIpc) is 2.87. The molecule has 0 bridgehead atoms. The quantitative estimate of drug-likeness (QED) is 0.640. The molecule has 0 spiro atoms. The Labute approximate surface area is 148 Å². The zero-order valence-electron chi connectivity index (χ0n) is 14.0. The highest BCUT2D eigenvalue weighted by Crippen LogP contribution is 2.19. The van der Waals surface area contributed by atoms with Crippen molar-refractivity contribution >= 4 is 17.7 Å². The number of thioether (sulfide) groups is 1. The number of aromatic nitrogens is 2. The van der Waals surface area contributed by atoms with Crippen molar-refractivity contribution in [3.05, 3.63) is 48.3 Å². The van der Waals surface area contributed by atoms with Crippen LogP contribution in [0, 0.1) is 0 Å².